The maximum atomic E-state index is 13.3. The molecule has 7 heteroatoms. The van der Waals surface area contributed by atoms with E-state index in [1.807, 2.05) is 6.07 Å². The number of carbonyl (C=O) groups excluding carboxylic acids is 2. The van der Waals surface area contributed by atoms with E-state index >= 15 is 0 Å². The lowest BCUT2D eigenvalue weighted by molar-refractivity contribution is -0.122. The van der Waals surface area contributed by atoms with Crippen molar-refractivity contribution in [2.45, 2.75) is 45.6 Å². The molecule has 1 N–H and O–H groups in total. The van der Waals surface area contributed by atoms with Crippen LogP contribution in [0.2, 0.25) is 0 Å². The van der Waals surface area contributed by atoms with E-state index in [1.54, 1.807) is 37.5 Å². The lowest BCUT2D eigenvalue weighted by Gasteiger charge is -2.47. The zero-order valence-electron chi connectivity index (χ0n) is 19.6. The number of fused-ring (bicyclic) bond motifs is 1. The molecule has 1 saturated heterocycles. The van der Waals surface area contributed by atoms with Crippen LogP contribution in [0.1, 0.15) is 51.2 Å². The van der Waals surface area contributed by atoms with Gasteiger partial charge < -0.3 is 9.64 Å². The minimum absolute atomic E-state index is 0.0514. The summed E-state index contributed by atoms with van der Waals surface area (Å²) in [4.78, 5) is 29.8. The molecule has 4 rings (SSSR count). The van der Waals surface area contributed by atoms with Gasteiger partial charge in [-0.3, -0.25) is 19.8 Å². The van der Waals surface area contributed by atoms with Crippen LogP contribution >= 0.6 is 12.2 Å². The Bertz CT molecular complexity index is 1150. The SMILES string of the molecule is CCN1c2ccc(/C=C3\C(=O)NC(=S)N(c4ccc(OC)cc4)C3=O)cc2[C@@H](C)CC1(C)C. The summed E-state index contributed by atoms with van der Waals surface area (Å²) < 4.78 is 5.19. The predicted molar refractivity (Wildman–Crippen MR) is 136 cm³/mol. The van der Waals surface area contributed by atoms with Crippen molar-refractivity contribution in [3.05, 3.63) is 59.2 Å². The first-order valence-electron chi connectivity index (χ1n) is 11.1. The molecule has 2 aliphatic rings. The Morgan fingerprint density at radius 1 is 1.18 bits per heavy atom. The van der Waals surface area contributed by atoms with Crippen molar-refractivity contribution in [3.63, 3.8) is 0 Å². The molecule has 0 radical (unpaired) electrons. The first-order valence-corrected chi connectivity index (χ1v) is 11.5. The Morgan fingerprint density at radius 3 is 2.52 bits per heavy atom. The lowest BCUT2D eigenvalue weighted by atomic mass is 9.79. The van der Waals surface area contributed by atoms with E-state index in [0.29, 0.717) is 17.4 Å². The van der Waals surface area contributed by atoms with Gasteiger partial charge in [0, 0.05) is 17.8 Å². The number of carbonyl (C=O) groups is 2. The van der Waals surface area contributed by atoms with Gasteiger partial charge in [0.15, 0.2) is 5.11 Å². The van der Waals surface area contributed by atoms with Crippen molar-refractivity contribution in [2.75, 3.05) is 23.5 Å². The van der Waals surface area contributed by atoms with Crippen LogP contribution < -0.4 is 19.9 Å². The molecule has 0 saturated carbocycles. The minimum Gasteiger partial charge on any atom is -0.497 e. The van der Waals surface area contributed by atoms with E-state index in [9.17, 15) is 9.59 Å². The molecule has 6 nitrogen and oxygen atoms in total. The third kappa shape index (κ3) is 4.13. The number of hydrogen-bond acceptors (Lipinski definition) is 5. The number of thiocarbonyl (C=S) groups is 1. The molecule has 0 spiro atoms. The van der Waals surface area contributed by atoms with Crippen LogP contribution in [-0.2, 0) is 9.59 Å². The predicted octanol–water partition coefficient (Wildman–Crippen LogP) is 4.64. The molecule has 0 aliphatic carbocycles. The summed E-state index contributed by atoms with van der Waals surface area (Å²) >= 11 is 5.29. The highest BCUT2D eigenvalue weighted by Crippen LogP contribution is 2.43. The number of ether oxygens (including phenoxy) is 1. The Labute approximate surface area is 200 Å². The van der Waals surface area contributed by atoms with Crippen LogP contribution in [0.25, 0.3) is 6.08 Å². The normalized spacial score (nSPS) is 21.2. The largest absolute Gasteiger partial charge is 0.497 e. The van der Waals surface area contributed by atoms with Gasteiger partial charge in [0.1, 0.15) is 11.3 Å². The fourth-order valence-corrected chi connectivity index (χ4v) is 5.27. The Hall–Kier alpha value is -3.19. The molecule has 2 heterocycles. The van der Waals surface area contributed by atoms with Gasteiger partial charge in [-0.25, -0.2) is 0 Å². The number of methoxy groups -OCH3 is 1. The third-order valence-corrected chi connectivity index (χ3v) is 6.75. The monoisotopic (exact) mass is 463 g/mol. The van der Waals surface area contributed by atoms with Gasteiger partial charge in [-0.15, -0.1) is 0 Å². The summed E-state index contributed by atoms with van der Waals surface area (Å²) in [6.45, 7) is 9.86. The van der Waals surface area contributed by atoms with Gasteiger partial charge in [-0.05, 0) is 98.9 Å². The lowest BCUT2D eigenvalue weighted by Crippen LogP contribution is -2.54. The summed E-state index contributed by atoms with van der Waals surface area (Å²) in [5.74, 6) is 0.102. The van der Waals surface area contributed by atoms with Gasteiger partial charge in [0.05, 0.1) is 12.8 Å². The molecule has 0 aromatic heterocycles. The minimum atomic E-state index is -0.489. The van der Waals surface area contributed by atoms with E-state index in [-0.39, 0.29) is 16.2 Å². The number of rotatable bonds is 4. The topological polar surface area (TPSA) is 61.9 Å². The standard InChI is InChI=1S/C26H29N3O3S/c1-6-28-22-12-7-17(13-20(22)16(2)15-26(28,3)4)14-21-23(30)27-25(33)29(24(21)31)18-8-10-19(32-5)11-9-18/h7-14,16H,6,15H2,1-5H3,(H,27,30,33)/b21-14+/t16-/m0/s1. The van der Waals surface area contributed by atoms with E-state index in [0.717, 1.165) is 18.5 Å². The van der Waals surface area contributed by atoms with Gasteiger partial charge in [-0.2, -0.15) is 0 Å². The summed E-state index contributed by atoms with van der Waals surface area (Å²) in [6.07, 6.45) is 2.69. The van der Waals surface area contributed by atoms with Crippen molar-refractivity contribution in [2.24, 2.45) is 0 Å². The van der Waals surface area contributed by atoms with Crippen LogP contribution in [0.5, 0.6) is 5.75 Å². The van der Waals surface area contributed by atoms with Crippen molar-refractivity contribution in [3.8, 4) is 5.75 Å². The molecule has 1 fully saturated rings. The molecule has 33 heavy (non-hydrogen) atoms. The average molecular weight is 464 g/mol. The van der Waals surface area contributed by atoms with Crippen LogP contribution in [0, 0.1) is 0 Å². The van der Waals surface area contributed by atoms with E-state index in [4.69, 9.17) is 17.0 Å². The summed E-state index contributed by atoms with van der Waals surface area (Å²) in [5, 5.41) is 2.71. The van der Waals surface area contributed by atoms with E-state index in [2.05, 4.69) is 50.0 Å². The van der Waals surface area contributed by atoms with Gasteiger partial charge in [0.25, 0.3) is 11.8 Å². The Kier molecular flexibility index (Phi) is 6.01. The fraction of sp³-hybridized carbons (Fsp3) is 0.346. The van der Waals surface area contributed by atoms with Crippen LogP contribution in [-0.4, -0.2) is 36.1 Å². The Balaban J connectivity index is 1.70. The van der Waals surface area contributed by atoms with E-state index in [1.165, 1.54) is 16.2 Å². The zero-order chi connectivity index (χ0) is 23.9. The smallest absolute Gasteiger partial charge is 0.270 e. The van der Waals surface area contributed by atoms with Crippen molar-refractivity contribution >= 4 is 46.6 Å². The quantitative estimate of drug-likeness (QED) is 0.407. The number of anilines is 2. The summed E-state index contributed by atoms with van der Waals surface area (Å²) in [5.41, 5.74) is 3.96. The van der Waals surface area contributed by atoms with Crippen molar-refractivity contribution < 1.29 is 14.3 Å². The highest BCUT2D eigenvalue weighted by Gasteiger charge is 2.36. The van der Waals surface area contributed by atoms with Crippen LogP contribution in [0.4, 0.5) is 11.4 Å². The number of amides is 2. The molecule has 2 amide bonds. The number of benzene rings is 2. The van der Waals surface area contributed by atoms with Crippen LogP contribution in [0.3, 0.4) is 0 Å². The number of hydrogen-bond donors (Lipinski definition) is 1. The molecule has 2 aromatic carbocycles. The van der Waals surface area contributed by atoms with Gasteiger partial charge >= 0.3 is 0 Å². The number of nitrogens with one attached hydrogen (secondary N) is 1. The molecule has 1 atom stereocenters. The first-order chi connectivity index (χ1) is 15.7. The fourth-order valence-electron chi connectivity index (χ4n) is 4.99. The highest BCUT2D eigenvalue weighted by atomic mass is 32.1. The van der Waals surface area contributed by atoms with Gasteiger partial charge in [-0.1, -0.05) is 13.0 Å². The number of nitrogens with zero attached hydrogens (tertiary/aromatic N) is 2. The van der Waals surface area contributed by atoms with Gasteiger partial charge in [0.2, 0.25) is 0 Å². The molecular formula is C26H29N3O3S. The third-order valence-electron chi connectivity index (χ3n) is 6.47. The maximum Gasteiger partial charge on any atom is 0.270 e. The summed E-state index contributed by atoms with van der Waals surface area (Å²) in [6, 6.07) is 13.1. The second-order valence-electron chi connectivity index (χ2n) is 9.14. The maximum absolute atomic E-state index is 13.3. The van der Waals surface area contributed by atoms with Crippen LogP contribution in [0.15, 0.2) is 48.0 Å². The molecular weight excluding hydrogens is 434 g/mol. The first kappa shape index (κ1) is 23.0. The Morgan fingerprint density at radius 2 is 1.88 bits per heavy atom. The summed E-state index contributed by atoms with van der Waals surface area (Å²) in [7, 11) is 1.58. The zero-order valence-corrected chi connectivity index (χ0v) is 20.5. The second kappa shape index (κ2) is 8.63. The van der Waals surface area contributed by atoms with E-state index < -0.39 is 11.8 Å². The highest BCUT2D eigenvalue weighted by molar-refractivity contribution is 7.80. The average Bonchev–Trinajstić information content (AvgIpc) is 2.77. The molecule has 2 aromatic rings. The molecule has 0 unspecified atom stereocenters. The van der Waals surface area contributed by atoms with Crippen molar-refractivity contribution in [1.29, 1.82) is 0 Å². The molecule has 172 valence electrons. The molecule has 2 aliphatic heterocycles. The molecule has 0 bridgehead atoms. The second-order valence-corrected chi connectivity index (χ2v) is 9.52. The van der Waals surface area contributed by atoms with Crippen molar-refractivity contribution in [1.82, 2.24) is 5.32 Å².